The molecule has 3 rings (SSSR count). The van der Waals surface area contributed by atoms with Crippen LogP contribution in [-0.2, 0) is 16.0 Å². The number of allylic oxidation sites excluding steroid dienone is 5. The lowest BCUT2D eigenvalue weighted by Gasteiger charge is -2.15. The first-order valence-electron chi connectivity index (χ1n) is 7.53. The number of rotatable bonds is 3. The van der Waals surface area contributed by atoms with Crippen LogP contribution >= 0.6 is 0 Å². The van der Waals surface area contributed by atoms with Gasteiger partial charge in [0.1, 0.15) is 0 Å². The average Bonchev–Trinajstić information content (AvgIpc) is 2.95. The molecule has 2 aliphatic rings. The van der Waals surface area contributed by atoms with E-state index in [0.717, 1.165) is 46.3 Å². The Kier molecular flexibility index (Phi) is 3.93. The molecule has 0 amide bonds. The van der Waals surface area contributed by atoms with E-state index in [2.05, 4.69) is 18.2 Å². The first kappa shape index (κ1) is 14.3. The highest BCUT2D eigenvalue weighted by Gasteiger charge is 2.29. The lowest BCUT2D eigenvalue weighted by molar-refractivity contribution is -0.138. The number of fused-ring (bicyclic) bond motifs is 1. The Morgan fingerprint density at radius 3 is 2.77 bits per heavy atom. The van der Waals surface area contributed by atoms with E-state index >= 15 is 0 Å². The van der Waals surface area contributed by atoms with E-state index in [1.807, 2.05) is 31.2 Å². The molecule has 0 aliphatic heterocycles. The van der Waals surface area contributed by atoms with Gasteiger partial charge in [-0.2, -0.15) is 5.26 Å². The minimum absolute atomic E-state index is 0.232. The molecule has 0 fully saturated rings. The SMILES string of the molecule is CCOC(=O)C1=C(C2=CC=C(C#N)CC2)c2ccccc2C1. The van der Waals surface area contributed by atoms with Gasteiger partial charge >= 0.3 is 5.97 Å². The molecule has 0 heterocycles. The van der Waals surface area contributed by atoms with E-state index in [4.69, 9.17) is 10.00 Å². The molecule has 0 spiro atoms. The topological polar surface area (TPSA) is 50.1 Å². The van der Waals surface area contributed by atoms with E-state index in [-0.39, 0.29) is 5.97 Å². The van der Waals surface area contributed by atoms with Crippen molar-refractivity contribution < 1.29 is 9.53 Å². The smallest absolute Gasteiger partial charge is 0.334 e. The van der Waals surface area contributed by atoms with Gasteiger partial charge in [-0.05, 0) is 48.1 Å². The maximum atomic E-state index is 12.3. The largest absolute Gasteiger partial charge is 0.463 e. The van der Waals surface area contributed by atoms with Crippen LogP contribution in [0.15, 0.2) is 53.1 Å². The van der Waals surface area contributed by atoms with Crippen molar-refractivity contribution in [1.82, 2.24) is 0 Å². The predicted octanol–water partition coefficient (Wildman–Crippen LogP) is 3.73. The summed E-state index contributed by atoms with van der Waals surface area (Å²) in [7, 11) is 0. The van der Waals surface area contributed by atoms with Crippen LogP contribution in [-0.4, -0.2) is 12.6 Å². The second-order valence-electron chi connectivity index (χ2n) is 5.40. The van der Waals surface area contributed by atoms with Gasteiger partial charge in [0.2, 0.25) is 0 Å². The molecule has 3 heteroatoms. The second kappa shape index (κ2) is 6.03. The second-order valence-corrected chi connectivity index (χ2v) is 5.40. The van der Waals surface area contributed by atoms with Crippen LogP contribution in [0.5, 0.6) is 0 Å². The van der Waals surface area contributed by atoms with Gasteiger partial charge in [0.15, 0.2) is 0 Å². The molecule has 1 aromatic carbocycles. The molecule has 3 nitrogen and oxygen atoms in total. The summed E-state index contributed by atoms with van der Waals surface area (Å²) < 4.78 is 5.23. The molecular formula is C19H17NO2. The first-order chi connectivity index (χ1) is 10.7. The van der Waals surface area contributed by atoms with Gasteiger partial charge in [-0.25, -0.2) is 4.79 Å². The normalized spacial score (nSPS) is 16.5. The average molecular weight is 291 g/mol. The number of hydrogen-bond acceptors (Lipinski definition) is 3. The van der Waals surface area contributed by atoms with Gasteiger partial charge < -0.3 is 4.74 Å². The molecule has 110 valence electrons. The summed E-state index contributed by atoms with van der Waals surface area (Å²) in [5.74, 6) is -0.232. The van der Waals surface area contributed by atoms with Crippen molar-refractivity contribution >= 4 is 11.5 Å². The van der Waals surface area contributed by atoms with Crippen molar-refractivity contribution in [1.29, 1.82) is 5.26 Å². The van der Waals surface area contributed by atoms with Gasteiger partial charge in [-0.1, -0.05) is 30.3 Å². The highest BCUT2D eigenvalue weighted by Crippen LogP contribution is 2.41. The lowest BCUT2D eigenvalue weighted by atomic mass is 9.89. The van der Waals surface area contributed by atoms with Crippen LogP contribution < -0.4 is 0 Å². The summed E-state index contributed by atoms with van der Waals surface area (Å²) in [4.78, 5) is 12.3. The van der Waals surface area contributed by atoms with E-state index in [1.54, 1.807) is 0 Å². The number of carbonyl (C=O) groups is 1. The van der Waals surface area contributed by atoms with Crippen LogP contribution in [0.1, 0.15) is 30.9 Å². The summed E-state index contributed by atoms with van der Waals surface area (Å²) >= 11 is 0. The maximum Gasteiger partial charge on any atom is 0.334 e. The molecule has 0 bridgehead atoms. The molecular weight excluding hydrogens is 274 g/mol. The number of carbonyl (C=O) groups excluding carboxylic acids is 1. The number of nitriles is 1. The molecule has 0 saturated heterocycles. The maximum absolute atomic E-state index is 12.3. The standard InChI is InChI=1S/C19H17NO2/c1-2-22-19(21)17-11-15-5-3-4-6-16(15)18(17)14-9-7-13(12-20)8-10-14/h3-7,9H,2,8,10-11H2,1H3. The predicted molar refractivity (Wildman–Crippen MR) is 84.7 cm³/mol. The summed E-state index contributed by atoms with van der Waals surface area (Å²) in [6.07, 6.45) is 5.96. The van der Waals surface area contributed by atoms with E-state index in [1.165, 1.54) is 0 Å². The van der Waals surface area contributed by atoms with Gasteiger partial charge in [0, 0.05) is 17.6 Å². The highest BCUT2D eigenvalue weighted by molar-refractivity contribution is 6.05. The summed E-state index contributed by atoms with van der Waals surface area (Å²) in [6, 6.07) is 10.3. The molecule has 2 aliphatic carbocycles. The quantitative estimate of drug-likeness (QED) is 0.797. The van der Waals surface area contributed by atoms with Crippen molar-refractivity contribution in [2.75, 3.05) is 6.61 Å². The van der Waals surface area contributed by atoms with Crippen molar-refractivity contribution in [3.8, 4) is 6.07 Å². The lowest BCUT2D eigenvalue weighted by Crippen LogP contribution is -2.09. The fourth-order valence-corrected chi connectivity index (χ4v) is 3.06. The Morgan fingerprint density at radius 1 is 1.27 bits per heavy atom. The number of hydrogen-bond donors (Lipinski definition) is 0. The van der Waals surface area contributed by atoms with E-state index in [9.17, 15) is 4.79 Å². The molecule has 0 radical (unpaired) electrons. The Balaban J connectivity index is 2.08. The molecule has 0 unspecified atom stereocenters. The van der Waals surface area contributed by atoms with E-state index < -0.39 is 0 Å². The molecule has 22 heavy (non-hydrogen) atoms. The molecule has 1 aromatic rings. The third-order valence-electron chi connectivity index (χ3n) is 4.09. The summed E-state index contributed by atoms with van der Waals surface area (Å²) in [5, 5.41) is 8.98. The zero-order valence-corrected chi connectivity index (χ0v) is 12.6. The van der Waals surface area contributed by atoms with Crippen LogP contribution in [0.3, 0.4) is 0 Å². The summed E-state index contributed by atoms with van der Waals surface area (Å²) in [5.41, 5.74) is 5.92. The highest BCUT2D eigenvalue weighted by atomic mass is 16.5. The zero-order chi connectivity index (χ0) is 15.5. The van der Waals surface area contributed by atoms with Gasteiger partial charge in [0.25, 0.3) is 0 Å². The molecule has 0 atom stereocenters. The number of nitrogens with zero attached hydrogens (tertiary/aromatic N) is 1. The molecule has 0 N–H and O–H groups in total. The van der Waals surface area contributed by atoms with Crippen molar-refractivity contribution in [3.63, 3.8) is 0 Å². The first-order valence-corrected chi connectivity index (χ1v) is 7.53. The van der Waals surface area contributed by atoms with Crippen LogP contribution in [0.2, 0.25) is 0 Å². The van der Waals surface area contributed by atoms with Gasteiger partial charge in [0.05, 0.1) is 12.7 Å². The van der Waals surface area contributed by atoms with Crippen LogP contribution in [0, 0.1) is 11.3 Å². The Morgan fingerprint density at radius 2 is 2.09 bits per heavy atom. The minimum Gasteiger partial charge on any atom is -0.463 e. The number of ether oxygens (including phenoxy) is 1. The van der Waals surface area contributed by atoms with Crippen LogP contribution in [0.25, 0.3) is 5.57 Å². The van der Waals surface area contributed by atoms with Crippen molar-refractivity contribution in [2.24, 2.45) is 0 Å². The van der Waals surface area contributed by atoms with Gasteiger partial charge in [-0.3, -0.25) is 0 Å². The minimum atomic E-state index is -0.232. The summed E-state index contributed by atoms with van der Waals surface area (Å²) in [6.45, 7) is 2.20. The number of esters is 1. The van der Waals surface area contributed by atoms with Crippen molar-refractivity contribution in [2.45, 2.75) is 26.2 Å². The van der Waals surface area contributed by atoms with Gasteiger partial charge in [-0.15, -0.1) is 0 Å². The molecule has 0 saturated carbocycles. The fourth-order valence-electron chi connectivity index (χ4n) is 3.06. The monoisotopic (exact) mass is 291 g/mol. The third-order valence-corrected chi connectivity index (χ3v) is 4.09. The Bertz CT molecular complexity index is 760. The van der Waals surface area contributed by atoms with E-state index in [0.29, 0.717) is 13.0 Å². The Labute approximate surface area is 130 Å². The van der Waals surface area contributed by atoms with Crippen LogP contribution in [0.4, 0.5) is 0 Å². The van der Waals surface area contributed by atoms with Crippen molar-refractivity contribution in [3.05, 3.63) is 64.3 Å². The fraction of sp³-hybridized carbons (Fsp3) is 0.263. The zero-order valence-electron chi connectivity index (χ0n) is 12.6. The number of benzene rings is 1. The molecule has 0 aromatic heterocycles. The Hall–Kier alpha value is -2.60. The third kappa shape index (κ3) is 2.48.